The Labute approximate surface area is 126 Å². The van der Waals surface area contributed by atoms with E-state index in [0.717, 1.165) is 71.4 Å². The van der Waals surface area contributed by atoms with Crippen molar-refractivity contribution in [2.45, 2.75) is 38.1 Å². The predicted molar refractivity (Wildman–Crippen MR) is 79.9 cm³/mol. The minimum Gasteiger partial charge on any atom is -0.352 e. The summed E-state index contributed by atoms with van der Waals surface area (Å²) in [7, 11) is 0. The number of nitrogens with one attached hydrogen (secondary N) is 2. The highest BCUT2D eigenvalue weighted by Gasteiger charge is 2.31. The van der Waals surface area contributed by atoms with E-state index < -0.39 is 0 Å². The van der Waals surface area contributed by atoms with Crippen LogP contribution in [-0.2, 0) is 4.79 Å². The van der Waals surface area contributed by atoms with E-state index in [-0.39, 0.29) is 17.9 Å². The summed E-state index contributed by atoms with van der Waals surface area (Å²) in [5.41, 5.74) is 0. The van der Waals surface area contributed by atoms with Crippen LogP contribution in [-0.4, -0.2) is 67.0 Å². The SMILES string of the molecule is O=C(NC1CCNC1)C1CCN(C(=O)N2CCCC2)CC1. The summed E-state index contributed by atoms with van der Waals surface area (Å²) in [5, 5.41) is 6.39. The van der Waals surface area contributed by atoms with Gasteiger partial charge in [0.05, 0.1) is 0 Å². The van der Waals surface area contributed by atoms with Crippen LogP contribution in [0.5, 0.6) is 0 Å². The molecule has 3 rings (SSSR count). The molecule has 0 bridgehead atoms. The first kappa shape index (κ1) is 14.6. The van der Waals surface area contributed by atoms with Gasteiger partial charge >= 0.3 is 6.03 Å². The third-order valence-corrected chi connectivity index (χ3v) is 4.92. The molecule has 21 heavy (non-hydrogen) atoms. The Balaban J connectivity index is 1.43. The average Bonchev–Trinajstić information content (AvgIpc) is 3.20. The number of nitrogens with zero attached hydrogens (tertiary/aromatic N) is 2. The third kappa shape index (κ3) is 3.48. The first-order valence-electron chi connectivity index (χ1n) is 8.29. The molecular weight excluding hydrogens is 268 g/mol. The van der Waals surface area contributed by atoms with E-state index in [9.17, 15) is 9.59 Å². The summed E-state index contributed by atoms with van der Waals surface area (Å²) >= 11 is 0. The number of amides is 3. The quantitative estimate of drug-likeness (QED) is 0.774. The van der Waals surface area contributed by atoms with Crippen LogP contribution in [0.1, 0.15) is 32.1 Å². The number of hydrogen-bond acceptors (Lipinski definition) is 3. The van der Waals surface area contributed by atoms with Gasteiger partial charge in [0, 0.05) is 44.7 Å². The van der Waals surface area contributed by atoms with Crippen molar-refractivity contribution in [3.8, 4) is 0 Å². The number of rotatable bonds is 2. The first-order valence-corrected chi connectivity index (χ1v) is 8.29. The van der Waals surface area contributed by atoms with E-state index >= 15 is 0 Å². The molecule has 1 unspecified atom stereocenters. The standard InChI is InChI=1S/C15H26N4O2/c20-14(17-13-3-6-16-11-13)12-4-9-19(10-5-12)15(21)18-7-1-2-8-18/h12-13,16H,1-11H2,(H,17,20). The van der Waals surface area contributed by atoms with Gasteiger partial charge in [-0.1, -0.05) is 0 Å². The van der Waals surface area contributed by atoms with Crippen LogP contribution in [0.4, 0.5) is 4.79 Å². The fourth-order valence-electron chi connectivity index (χ4n) is 3.54. The predicted octanol–water partition coefficient (Wildman–Crippen LogP) is 0.392. The zero-order valence-electron chi connectivity index (χ0n) is 12.6. The first-order chi connectivity index (χ1) is 10.2. The topological polar surface area (TPSA) is 64.7 Å². The van der Waals surface area contributed by atoms with Gasteiger partial charge in [0.2, 0.25) is 5.91 Å². The summed E-state index contributed by atoms with van der Waals surface area (Å²) in [6, 6.07) is 0.466. The highest BCUT2D eigenvalue weighted by molar-refractivity contribution is 5.80. The molecular formula is C15H26N4O2. The molecule has 118 valence electrons. The highest BCUT2D eigenvalue weighted by atomic mass is 16.2. The van der Waals surface area contributed by atoms with Crippen LogP contribution in [0.25, 0.3) is 0 Å². The van der Waals surface area contributed by atoms with E-state index in [4.69, 9.17) is 0 Å². The maximum Gasteiger partial charge on any atom is 0.319 e. The van der Waals surface area contributed by atoms with Gasteiger partial charge in [-0.2, -0.15) is 0 Å². The van der Waals surface area contributed by atoms with Crippen molar-refractivity contribution in [2.75, 3.05) is 39.3 Å². The Hall–Kier alpha value is -1.30. The molecule has 3 aliphatic rings. The van der Waals surface area contributed by atoms with Gasteiger partial charge in [-0.15, -0.1) is 0 Å². The van der Waals surface area contributed by atoms with Crippen molar-refractivity contribution in [1.82, 2.24) is 20.4 Å². The number of carbonyl (C=O) groups excluding carboxylic acids is 2. The van der Waals surface area contributed by atoms with E-state index in [1.807, 2.05) is 9.80 Å². The third-order valence-electron chi connectivity index (χ3n) is 4.92. The largest absolute Gasteiger partial charge is 0.352 e. The molecule has 3 heterocycles. The lowest BCUT2D eigenvalue weighted by atomic mass is 9.95. The summed E-state index contributed by atoms with van der Waals surface area (Å²) in [6.45, 7) is 5.11. The second-order valence-corrected chi connectivity index (χ2v) is 6.44. The number of piperidine rings is 1. The fraction of sp³-hybridized carbons (Fsp3) is 0.867. The van der Waals surface area contributed by atoms with Gasteiger partial charge in [-0.3, -0.25) is 4.79 Å². The van der Waals surface area contributed by atoms with Crippen molar-refractivity contribution in [3.63, 3.8) is 0 Å². The molecule has 0 aromatic carbocycles. The summed E-state index contributed by atoms with van der Waals surface area (Å²) < 4.78 is 0. The van der Waals surface area contributed by atoms with Crippen molar-refractivity contribution < 1.29 is 9.59 Å². The molecule has 0 aliphatic carbocycles. The zero-order valence-corrected chi connectivity index (χ0v) is 12.6. The maximum atomic E-state index is 12.3. The Morgan fingerprint density at radius 1 is 0.952 bits per heavy atom. The zero-order chi connectivity index (χ0) is 14.7. The van der Waals surface area contributed by atoms with Gasteiger partial charge in [0.15, 0.2) is 0 Å². The van der Waals surface area contributed by atoms with Gasteiger partial charge < -0.3 is 20.4 Å². The Morgan fingerprint density at radius 2 is 1.62 bits per heavy atom. The molecule has 1 atom stereocenters. The summed E-state index contributed by atoms with van der Waals surface area (Å²) in [4.78, 5) is 28.4. The molecule has 6 nitrogen and oxygen atoms in total. The molecule has 0 aromatic heterocycles. The lowest BCUT2D eigenvalue weighted by Crippen LogP contribution is -2.48. The van der Waals surface area contributed by atoms with Crippen molar-refractivity contribution >= 4 is 11.9 Å². The molecule has 3 aliphatic heterocycles. The van der Waals surface area contributed by atoms with Crippen LogP contribution in [0.15, 0.2) is 0 Å². The Kier molecular flexibility index (Phi) is 4.63. The van der Waals surface area contributed by atoms with Crippen LogP contribution < -0.4 is 10.6 Å². The molecule has 3 saturated heterocycles. The number of likely N-dealkylation sites (tertiary alicyclic amines) is 2. The minimum absolute atomic E-state index is 0.0771. The Morgan fingerprint density at radius 3 is 2.24 bits per heavy atom. The van der Waals surface area contributed by atoms with Crippen LogP contribution in [0.3, 0.4) is 0 Å². The second kappa shape index (κ2) is 6.64. The van der Waals surface area contributed by atoms with Gasteiger partial charge in [0.25, 0.3) is 0 Å². The lowest BCUT2D eigenvalue weighted by molar-refractivity contribution is -0.126. The molecule has 0 spiro atoms. The minimum atomic E-state index is 0.0771. The van der Waals surface area contributed by atoms with E-state index in [0.29, 0.717) is 6.04 Å². The van der Waals surface area contributed by atoms with E-state index in [1.54, 1.807) is 0 Å². The normalized spacial score (nSPS) is 27.1. The number of hydrogen-bond donors (Lipinski definition) is 2. The number of urea groups is 1. The monoisotopic (exact) mass is 294 g/mol. The molecule has 3 amide bonds. The molecule has 0 aromatic rings. The van der Waals surface area contributed by atoms with Gasteiger partial charge in [-0.25, -0.2) is 4.79 Å². The highest BCUT2D eigenvalue weighted by Crippen LogP contribution is 2.20. The molecule has 2 N–H and O–H groups in total. The summed E-state index contributed by atoms with van der Waals surface area (Å²) in [5.74, 6) is 0.255. The smallest absolute Gasteiger partial charge is 0.319 e. The fourth-order valence-corrected chi connectivity index (χ4v) is 3.54. The van der Waals surface area contributed by atoms with E-state index in [1.165, 1.54) is 0 Å². The number of carbonyl (C=O) groups is 2. The van der Waals surface area contributed by atoms with Crippen LogP contribution >= 0.6 is 0 Å². The van der Waals surface area contributed by atoms with Crippen LogP contribution in [0, 0.1) is 5.92 Å². The molecule has 0 radical (unpaired) electrons. The summed E-state index contributed by atoms with van der Waals surface area (Å²) in [6.07, 6.45) is 4.87. The molecule has 6 heteroatoms. The maximum absolute atomic E-state index is 12.3. The lowest BCUT2D eigenvalue weighted by Gasteiger charge is -2.34. The average molecular weight is 294 g/mol. The van der Waals surface area contributed by atoms with Gasteiger partial charge in [0.1, 0.15) is 0 Å². The Bertz CT molecular complexity index is 381. The van der Waals surface area contributed by atoms with Crippen molar-refractivity contribution in [3.05, 3.63) is 0 Å². The molecule has 0 saturated carbocycles. The van der Waals surface area contributed by atoms with Crippen LogP contribution in [0.2, 0.25) is 0 Å². The second-order valence-electron chi connectivity index (χ2n) is 6.44. The van der Waals surface area contributed by atoms with E-state index in [2.05, 4.69) is 10.6 Å². The van der Waals surface area contributed by atoms with Crippen molar-refractivity contribution in [2.24, 2.45) is 5.92 Å². The van der Waals surface area contributed by atoms with Gasteiger partial charge in [-0.05, 0) is 38.6 Å². The molecule has 3 fully saturated rings. The van der Waals surface area contributed by atoms with Crippen molar-refractivity contribution in [1.29, 1.82) is 0 Å².